The molecule has 1 N–H and O–H groups in total. The van der Waals surface area contributed by atoms with Gasteiger partial charge in [0.25, 0.3) is 5.91 Å². The lowest BCUT2D eigenvalue weighted by Crippen LogP contribution is -2.23. The van der Waals surface area contributed by atoms with Crippen LogP contribution >= 0.6 is 27.3 Å². The van der Waals surface area contributed by atoms with Crippen LogP contribution in [0.25, 0.3) is 11.3 Å². The molecule has 0 atom stereocenters. The monoisotopic (exact) mass is 402 g/mol. The summed E-state index contributed by atoms with van der Waals surface area (Å²) in [6, 6.07) is 15.1. The van der Waals surface area contributed by atoms with Gasteiger partial charge < -0.3 is 10.1 Å². The number of ether oxygens (including phenoxy) is 1. The van der Waals surface area contributed by atoms with E-state index in [4.69, 9.17) is 4.74 Å². The SMILES string of the molecule is COc1ccc(-c2csc(CNC(=O)c3ccccc3Br)n2)cc1. The van der Waals surface area contributed by atoms with Gasteiger partial charge >= 0.3 is 0 Å². The molecule has 0 radical (unpaired) electrons. The number of hydrogen-bond acceptors (Lipinski definition) is 4. The topological polar surface area (TPSA) is 51.2 Å². The van der Waals surface area contributed by atoms with Crippen LogP contribution in [0.2, 0.25) is 0 Å². The van der Waals surface area contributed by atoms with Gasteiger partial charge in [-0.3, -0.25) is 4.79 Å². The van der Waals surface area contributed by atoms with Gasteiger partial charge in [-0.25, -0.2) is 4.98 Å². The van der Waals surface area contributed by atoms with Crippen molar-refractivity contribution in [2.24, 2.45) is 0 Å². The van der Waals surface area contributed by atoms with E-state index in [0.717, 1.165) is 26.5 Å². The Morgan fingerprint density at radius 1 is 1.21 bits per heavy atom. The van der Waals surface area contributed by atoms with Crippen molar-refractivity contribution < 1.29 is 9.53 Å². The third kappa shape index (κ3) is 3.83. The minimum atomic E-state index is -0.122. The number of hydrogen-bond donors (Lipinski definition) is 1. The van der Waals surface area contributed by atoms with Gasteiger partial charge in [0.2, 0.25) is 0 Å². The van der Waals surface area contributed by atoms with Gasteiger partial charge in [0, 0.05) is 15.4 Å². The maximum absolute atomic E-state index is 12.2. The molecule has 0 spiro atoms. The molecular formula is C18H15BrN2O2S. The lowest BCUT2D eigenvalue weighted by molar-refractivity contribution is 0.0950. The number of amides is 1. The smallest absolute Gasteiger partial charge is 0.252 e. The summed E-state index contributed by atoms with van der Waals surface area (Å²) in [7, 11) is 1.64. The summed E-state index contributed by atoms with van der Waals surface area (Å²) in [5.41, 5.74) is 2.53. The zero-order valence-corrected chi connectivity index (χ0v) is 15.4. The minimum absolute atomic E-state index is 0.122. The zero-order valence-electron chi connectivity index (χ0n) is 13.0. The lowest BCUT2D eigenvalue weighted by atomic mass is 10.2. The van der Waals surface area contributed by atoms with E-state index >= 15 is 0 Å². The predicted octanol–water partition coefficient (Wildman–Crippen LogP) is 4.51. The van der Waals surface area contributed by atoms with Crippen molar-refractivity contribution in [1.82, 2.24) is 10.3 Å². The maximum atomic E-state index is 12.2. The van der Waals surface area contributed by atoms with Crippen LogP contribution in [-0.4, -0.2) is 18.0 Å². The van der Waals surface area contributed by atoms with Gasteiger partial charge in [-0.1, -0.05) is 12.1 Å². The Morgan fingerprint density at radius 3 is 2.67 bits per heavy atom. The second-order valence-electron chi connectivity index (χ2n) is 5.02. The van der Waals surface area contributed by atoms with Crippen LogP contribution in [0, 0.1) is 0 Å². The first-order chi connectivity index (χ1) is 11.7. The van der Waals surface area contributed by atoms with Crippen LogP contribution in [0.4, 0.5) is 0 Å². The van der Waals surface area contributed by atoms with Gasteiger partial charge in [-0.2, -0.15) is 0 Å². The molecule has 1 amide bonds. The Hall–Kier alpha value is -2.18. The third-order valence-electron chi connectivity index (χ3n) is 3.46. The number of halogens is 1. The van der Waals surface area contributed by atoms with Crippen LogP contribution in [0.3, 0.4) is 0 Å². The highest BCUT2D eigenvalue weighted by Gasteiger charge is 2.10. The maximum Gasteiger partial charge on any atom is 0.252 e. The van der Waals surface area contributed by atoms with Gasteiger partial charge in [-0.05, 0) is 52.3 Å². The van der Waals surface area contributed by atoms with Crippen LogP contribution in [-0.2, 0) is 6.54 Å². The highest BCUT2D eigenvalue weighted by Crippen LogP contribution is 2.24. The second-order valence-corrected chi connectivity index (χ2v) is 6.81. The molecule has 0 saturated heterocycles. The van der Waals surface area contributed by atoms with E-state index < -0.39 is 0 Å². The number of thiazole rings is 1. The Balaban J connectivity index is 1.66. The lowest BCUT2D eigenvalue weighted by Gasteiger charge is -2.05. The van der Waals surface area contributed by atoms with Crippen molar-refractivity contribution in [2.75, 3.05) is 7.11 Å². The van der Waals surface area contributed by atoms with Crippen LogP contribution in [0.1, 0.15) is 15.4 Å². The van der Waals surface area contributed by atoms with E-state index in [1.807, 2.05) is 47.8 Å². The average molecular weight is 403 g/mol. The number of benzene rings is 2. The normalized spacial score (nSPS) is 10.4. The predicted molar refractivity (Wildman–Crippen MR) is 99.4 cm³/mol. The quantitative estimate of drug-likeness (QED) is 0.682. The van der Waals surface area contributed by atoms with E-state index in [2.05, 4.69) is 26.2 Å². The van der Waals surface area contributed by atoms with Gasteiger partial charge in [-0.15, -0.1) is 11.3 Å². The van der Waals surface area contributed by atoms with E-state index in [1.54, 1.807) is 13.2 Å². The highest BCUT2D eigenvalue weighted by atomic mass is 79.9. The summed E-state index contributed by atoms with van der Waals surface area (Å²) in [6.07, 6.45) is 0. The first-order valence-electron chi connectivity index (χ1n) is 7.29. The van der Waals surface area contributed by atoms with Crippen molar-refractivity contribution in [3.63, 3.8) is 0 Å². The number of aromatic nitrogens is 1. The van der Waals surface area contributed by atoms with Crippen molar-refractivity contribution in [3.8, 4) is 17.0 Å². The zero-order chi connectivity index (χ0) is 16.9. The van der Waals surface area contributed by atoms with Crippen molar-refractivity contribution in [2.45, 2.75) is 6.54 Å². The Kier molecular flexibility index (Phi) is 5.27. The molecule has 0 aliphatic rings. The first kappa shape index (κ1) is 16.7. The average Bonchev–Trinajstić information content (AvgIpc) is 3.09. The molecule has 1 heterocycles. The highest BCUT2D eigenvalue weighted by molar-refractivity contribution is 9.10. The van der Waals surface area contributed by atoms with E-state index in [-0.39, 0.29) is 5.91 Å². The van der Waals surface area contributed by atoms with Crippen LogP contribution in [0.5, 0.6) is 5.75 Å². The standard InChI is InChI=1S/C18H15BrN2O2S/c1-23-13-8-6-12(7-9-13)16-11-24-17(21-16)10-20-18(22)14-4-2-3-5-15(14)19/h2-9,11H,10H2,1H3,(H,20,22). The van der Waals surface area contributed by atoms with Crippen LogP contribution in [0.15, 0.2) is 58.4 Å². The summed E-state index contributed by atoms with van der Waals surface area (Å²) in [5, 5.41) is 5.75. The van der Waals surface area contributed by atoms with E-state index in [1.165, 1.54) is 11.3 Å². The van der Waals surface area contributed by atoms with Gasteiger partial charge in [0.15, 0.2) is 0 Å². The summed E-state index contributed by atoms with van der Waals surface area (Å²) in [5.74, 6) is 0.693. The molecule has 24 heavy (non-hydrogen) atoms. The van der Waals surface area contributed by atoms with E-state index in [9.17, 15) is 4.79 Å². The first-order valence-corrected chi connectivity index (χ1v) is 8.96. The molecule has 0 aliphatic carbocycles. The van der Waals surface area contributed by atoms with Crippen LogP contribution < -0.4 is 10.1 Å². The molecule has 2 aromatic carbocycles. The molecule has 3 rings (SSSR count). The van der Waals surface area contributed by atoms with Crippen molar-refractivity contribution in [3.05, 3.63) is 69.0 Å². The molecule has 4 nitrogen and oxygen atoms in total. The number of methoxy groups -OCH3 is 1. The molecule has 0 bridgehead atoms. The molecule has 0 saturated carbocycles. The molecule has 0 fully saturated rings. The number of nitrogens with one attached hydrogen (secondary N) is 1. The largest absolute Gasteiger partial charge is 0.497 e. The number of carbonyl (C=O) groups excluding carboxylic acids is 1. The van der Waals surface area contributed by atoms with Crippen molar-refractivity contribution >= 4 is 33.2 Å². The summed E-state index contributed by atoms with van der Waals surface area (Å²) < 4.78 is 5.94. The molecular weight excluding hydrogens is 388 g/mol. The molecule has 0 unspecified atom stereocenters. The third-order valence-corrected chi connectivity index (χ3v) is 5.00. The minimum Gasteiger partial charge on any atom is -0.497 e. The second kappa shape index (κ2) is 7.59. The fourth-order valence-corrected chi connectivity index (χ4v) is 3.39. The molecule has 1 aromatic heterocycles. The number of nitrogens with zero attached hydrogens (tertiary/aromatic N) is 1. The Bertz CT molecular complexity index is 846. The van der Waals surface area contributed by atoms with Gasteiger partial charge in [0.1, 0.15) is 10.8 Å². The molecule has 6 heteroatoms. The Morgan fingerprint density at radius 2 is 1.96 bits per heavy atom. The molecule has 3 aromatic rings. The summed E-state index contributed by atoms with van der Waals surface area (Å²) in [6.45, 7) is 0.404. The fraction of sp³-hybridized carbons (Fsp3) is 0.111. The fourth-order valence-electron chi connectivity index (χ4n) is 2.18. The molecule has 122 valence electrons. The van der Waals surface area contributed by atoms with Crippen molar-refractivity contribution in [1.29, 1.82) is 0 Å². The van der Waals surface area contributed by atoms with E-state index in [0.29, 0.717) is 12.1 Å². The number of carbonyl (C=O) groups is 1. The summed E-state index contributed by atoms with van der Waals surface area (Å²) in [4.78, 5) is 16.8. The molecule has 0 aliphatic heterocycles. The van der Waals surface area contributed by atoms with Gasteiger partial charge in [0.05, 0.1) is 24.9 Å². The Labute approximate surface area is 152 Å². The number of rotatable bonds is 5. The summed E-state index contributed by atoms with van der Waals surface area (Å²) >= 11 is 4.91.